The molecule has 0 aliphatic heterocycles. The van der Waals surface area contributed by atoms with Crippen LogP contribution in [0, 0.1) is 0 Å². The average Bonchev–Trinajstić information content (AvgIpc) is 2.62. The van der Waals surface area contributed by atoms with Crippen LogP contribution in [0.5, 0.6) is 5.75 Å². The zero-order valence-corrected chi connectivity index (χ0v) is 16.0. The van der Waals surface area contributed by atoms with Crippen molar-refractivity contribution in [2.45, 2.75) is 64.3 Å². The Kier molecular flexibility index (Phi) is 10.6. The van der Waals surface area contributed by atoms with Crippen molar-refractivity contribution in [2.24, 2.45) is 5.73 Å². The van der Waals surface area contributed by atoms with Gasteiger partial charge < -0.3 is 21.5 Å². The number of primary amides is 1. The molecule has 0 bridgehead atoms. The lowest BCUT2D eigenvalue weighted by molar-refractivity contribution is -0.130. The van der Waals surface area contributed by atoms with Gasteiger partial charge in [-0.25, -0.2) is 0 Å². The molecule has 1 aromatic rings. The van der Waals surface area contributed by atoms with E-state index in [-0.39, 0.29) is 24.0 Å². The van der Waals surface area contributed by atoms with Crippen LogP contribution in [-0.2, 0) is 20.8 Å². The summed E-state index contributed by atoms with van der Waals surface area (Å²) in [4.78, 5) is 35.5. The van der Waals surface area contributed by atoms with E-state index in [1.165, 1.54) is 0 Å². The summed E-state index contributed by atoms with van der Waals surface area (Å²) in [5, 5.41) is 14.9. The van der Waals surface area contributed by atoms with Gasteiger partial charge in [-0.3, -0.25) is 14.4 Å². The minimum atomic E-state index is -1.02. The molecular weight excluding hydrogens is 346 g/mol. The Labute approximate surface area is 160 Å². The van der Waals surface area contributed by atoms with Gasteiger partial charge in [0.05, 0.1) is 6.42 Å². The number of rotatable bonds is 13. The molecule has 0 aliphatic carbocycles. The fraction of sp³-hybridized carbons (Fsp3) is 0.550. The van der Waals surface area contributed by atoms with E-state index < -0.39 is 11.9 Å². The van der Waals surface area contributed by atoms with E-state index >= 15 is 0 Å². The van der Waals surface area contributed by atoms with Crippen molar-refractivity contribution in [3.63, 3.8) is 0 Å². The van der Waals surface area contributed by atoms with Crippen LogP contribution in [0.2, 0.25) is 0 Å². The summed E-state index contributed by atoms with van der Waals surface area (Å²) >= 11 is 0. The van der Waals surface area contributed by atoms with Crippen molar-refractivity contribution in [3.8, 4) is 5.75 Å². The molecule has 0 unspecified atom stereocenters. The van der Waals surface area contributed by atoms with Gasteiger partial charge in [0.25, 0.3) is 0 Å². The van der Waals surface area contributed by atoms with Crippen molar-refractivity contribution in [3.05, 3.63) is 29.8 Å². The van der Waals surface area contributed by atoms with E-state index in [9.17, 15) is 19.5 Å². The number of carbonyl (C=O) groups is 3. The number of hydrogen-bond donors (Lipinski definition) is 4. The largest absolute Gasteiger partial charge is 0.508 e. The summed E-state index contributed by atoms with van der Waals surface area (Å²) in [6, 6.07) is 5.87. The monoisotopic (exact) mass is 377 g/mol. The third kappa shape index (κ3) is 9.63. The predicted octanol–water partition coefficient (Wildman–Crippen LogP) is 1.77. The van der Waals surface area contributed by atoms with Gasteiger partial charge in [0.2, 0.25) is 17.7 Å². The first kappa shape index (κ1) is 22.5. The molecule has 27 heavy (non-hydrogen) atoms. The maximum absolute atomic E-state index is 12.0. The first-order valence-corrected chi connectivity index (χ1v) is 9.56. The number of aromatic hydroxyl groups is 1. The lowest BCUT2D eigenvalue weighted by Gasteiger charge is -2.15. The quantitative estimate of drug-likeness (QED) is 0.391. The highest BCUT2D eigenvalue weighted by Crippen LogP contribution is 2.15. The van der Waals surface area contributed by atoms with Crippen molar-refractivity contribution >= 4 is 17.7 Å². The highest BCUT2D eigenvalue weighted by molar-refractivity contribution is 5.91. The highest BCUT2D eigenvalue weighted by Gasteiger charge is 2.21. The molecule has 3 amide bonds. The van der Waals surface area contributed by atoms with Crippen LogP contribution in [0.4, 0.5) is 0 Å². The Morgan fingerprint density at radius 3 is 2.44 bits per heavy atom. The van der Waals surface area contributed by atoms with E-state index in [0.717, 1.165) is 37.7 Å². The molecule has 1 aromatic carbocycles. The second-order valence-corrected chi connectivity index (χ2v) is 6.62. The Hall–Kier alpha value is -2.57. The summed E-state index contributed by atoms with van der Waals surface area (Å²) in [6.45, 7) is 2.44. The molecule has 0 saturated heterocycles. The number of unbranched alkanes of at least 4 members (excludes halogenated alkanes) is 4. The molecule has 0 heterocycles. The average molecular weight is 377 g/mol. The molecule has 5 N–H and O–H groups in total. The van der Waals surface area contributed by atoms with Crippen LogP contribution in [0.3, 0.4) is 0 Å². The number of benzene rings is 1. The van der Waals surface area contributed by atoms with Gasteiger partial charge in [-0.15, -0.1) is 0 Å². The maximum atomic E-state index is 12.0. The van der Waals surface area contributed by atoms with Gasteiger partial charge in [-0.2, -0.15) is 0 Å². The summed E-state index contributed by atoms with van der Waals surface area (Å²) in [7, 11) is 0. The lowest BCUT2D eigenvalue weighted by Crippen LogP contribution is -2.47. The van der Waals surface area contributed by atoms with Gasteiger partial charge >= 0.3 is 0 Å². The molecule has 0 fully saturated rings. The normalized spacial score (nSPS) is 11.6. The molecule has 0 spiro atoms. The standard InChI is InChI=1S/C20H31N3O4/c1-2-3-4-5-6-11-18(25)23-16(20(21)27)14-19(26)22-13-12-15-9-7-8-10-17(15)24/h7-10,16,24H,2-6,11-14H2,1H3,(H2,21,27)(H,22,26)(H,23,25)/t16-/m1/s1. The smallest absolute Gasteiger partial charge is 0.240 e. The summed E-state index contributed by atoms with van der Waals surface area (Å²) in [6.07, 6.45) is 5.67. The third-order valence-corrected chi connectivity index (χ3v) is 4.28. The lowest BCUT2D eigenvalue weighted by atomic mass is 10.1. The first-order chi connectivity index (χ1) is 12.9. The van der Waals surface area contributed by atoms with Crippen LogP contribution >= 0.6 is 0 Å². The molecule has 0 saturated carbocycles. The number of nitrogens with two attached hydrogens (primary N) is 1. The van der Waals surface area contributed by atoms with E-state index in [1.54, 1.807) is 24.3 Å². The van der Waals surface area contributed by atoms with Gasteiger partial charge in [0.15, 0.2) is 0 Å². The minimum Gasteiger partial charge on any atom is -0.508 e. The first-order valence-electron chi connectivity index (χ1n) is 9.56. The Morgan fingerprint density at radius 1 is 1.07 bits per heavy atom. The van der Waals surface area contributed by atoms with Crippen LogP contribution < -0.4 is 16.4 Å². The second-order valence-electron chi connectivity index (χ2n) is 6.62. The molecule has 1 atom stereocenters. The number of hydrogen-bond acceptors (Lipinski definition) is 4. The third-order valence-electron chi connectivity index (χ3n) is 4.28. The molecule has 7 nitrogen and oxygen atoms in total. The van der Waals surface area contributed by atoms with Crippen molar-refractivity contribution < 1.29 is 19.5 Å². The van der Waals surface area contributed by atoms with Crippen LogP contribution in [-0.4, -0.2) is 35.4 Å². The molecule has 0 aliphatic rings. The van der Waals surface area contributed by atoms with Gasteiger partial charge in [-0.05, 0) is 24.5 Å². The Balaban J connectivity index is 2.33. The van der Waals surface area contributed by atoms with Gasteiger partial charge in [0.1, 0.15) is 11.8 Å². The van der Waals surface area contributed by atoms with E-state index in [1.807, 2.05) is 0 Å². The summed E-state index contributed by atoms with van der Waals surface area (Å²) in [5.41, 5.74) is 6.02. The Bertz CT molecular complexity index is 619. The van der Waals surface area contributed by atoms with E-state index in [2.05, 4.69) is 17.6 Å². The number of phenolic OH excluding ortho intramolecular Hbond substituents is 1. The number of carbonyl (C=O) groups excluding carboxylic acids is 3. The van der Waals surface area contributed by atoms with E-state index in [0.29, 0.717) is 19.4 Å². The molecule has 7 heteroatoms. The Morgan fingerprint density at radius 2 is 1.78 bits per heavy atom. The van der Waals surface area contributed by atoms with Crippen LogP contribution in [0.15, 0.2) is 24.3 Å². The minimum absolute atomic E-state index is 0.174. The summed E-state index contributed by atoms with van der Waals surface area (Å²) < 4.78 is 0. The highest BCUT2D eigenvalue weighted by atomic mass is 16.3. The number of para-hydroxylation sites is 1. The maximum Gasteiger partial charge on any atom is 0.240 e. The second kappa shape index (κ2) is 12.7. The molecular formula is C20H31N3O4. The fourth-order valence-corrected chi connectivity index (χ4v) is 2.69. The van der Waals surface area contributed by atoms with Crippen molar-refractivity contribution in [2.75, 3.05) is 6.54 Å². The van der Waals surface area contributed by atoms with Crippen molar-refractivity contribution in [1.29, 1.82) is 0 Å². The zero-order valence-electron chi connectivity index (χ0n) is 16.0. The number of amides is 3. The molecule has 150 valence electrons. The predicted molar refractivity (Wildman–Crippen MR) is 104 cm³/mol. The molecule has 0 radical (unpaired) electrons. The van der Waals surface area contributed by atoms with E-state index in [4.69, 9.17) is 5.73 Å². The fourth-order valence-electron chi connectivity index (χ4n) is 2.69. The van der Waals surface area contributed by atoms with Gasteiger partial charge in [-0.1, -0.05) is 50.8 Å². The molecule has 1 rings (SSSR count). The van der Waals surface area contributed by atoms with Crippen LogP contribution in [0.1, 0.15) is 57.4 Å². The number of nitrogens with one attached hydrogen (secondary N) is 2. The van der Waals surface area contributed by atoms with Crippen LogP contribution in [0.25, 0.3) is 0 Å². The molecule has 0 aromatic heterocycles. The zero-order chi connectivity index (χ0) is 20.1. The van der Waals surface area contributed by atoms with Crippen molar-refractivity contribution in [1.82, 2.24) is 10.6 Å². The van der Waals surface area contributed by atoms with Gasteiger partial charge in [0, 0.05) is 13.0 Å². The number of phenols is 1. The topological polar surface area (TPSA) is 122 Å². The SMILES string of the molecule is CCCCCCCC(=O)N[C@H](CC(=O)NCCc1ccccc1O)C(N)=O. The summed E-state index contributed by atoms with van der Waals surface area (Å²) in [5.74, 6) is -1.20.